The van der Waals surface area contributed by atoms with Crippen LogP contribution in [0.2, 0.25) is 0 Å². The highest BCUT2D eigenvalue weighted by Gasteiger charge is 2.37. The van der Waals surface area contributed by atoms with Crippen molar-refractivity contribution >= 4 is 11.9 Å². The minimum Gasteiger partial charge on any atom is -0.455 e. The van der Waals surface area contributed by atoms with Crippen LogP contribution in [0, 0.1) is 0 Å². The first kappa shape index (κ1) is 23.2. The quantitative estimate of drug-likeness (QED) is 0.246. The van der Waals surface area contributed by atoms with E-state index in [1.807, 2.05) is 0 Å². The van der Waals surface area contributed by atoms with Crippen molar-refractivity contribution in [3.05, 3.63) is 77.0 Å². The Morgan fingerprint density at radius 3 is 1.84 bits per heavy atom. The fourth-order valence-electron chi connectivity index (χ4n) is 2.61. The Kier molecular flexibility index (Phi) is 5.98. The van der Waals surface area contributed by atoms with E-state index in [9.17, 15) is 39.5 Å². The molecular formula is C20H11F9N2O. The number of benzene rings is 2. The van der Waals surface area contributed by atoms with Gasteiger partial charge in [0.25, 0.3) is 0 Å². The number of rotatable bonds is 4. The van der Waals surface area contributed by atoms with Crippen molar-refractivity contribution in [2.75, 3.05) is 5.43 Å². The second-order valence-electron chi connectivity index (χ2n) is 6.45. The zero-order valence-electron chi connectivity index (χ0n) is 15.5. The van der Waals surface area contributed by atoms with E-state index in [0.29, 0.717) is 12.1 Å². The number of anilines is 1. The third-order valence-corrected chi connectivity index (χ3v) is 4.07. The maximum absolute atomic E-state index is 13.0. The van der Waals surface area contributed by atoms with Crippen LogP contribution in [0.15, 0.2) is 64.1 Å². The first-order valence-electron chi connectivity index (χ1n) is 8.59. The monoisotopic (exact) mass is 466 g/mol. The van der Waals surface area contributed by atoms with Gasteiger partial charge in [0.2, 0.25) is 0 Å². The largest absolute Gasteiger partial charge is 0.455 e. The van der Waals surface area contributed by atoms with Gasteiger partial charge in [0.15, 0.2) is 0 Å². The highest BCUT2D eigenvalue weighted by Crippen LogP contribution is 2.39. The van der Waals surface area contributed by atoms with Crippen LogP contribution in [-0.4, -0.2) is 6.21 Å². The summed E-state index contributed by atoms with van der Waals surface area (Å²) in [6.07, 6.45) is -13.6. The summed E-state index contributed by atoms with van der Waals surface area (Å²) in [6, 6.07) is 7.49. The van der Waals surface area contributed by atoms with Gasteiger partial charge in [-0.1, -0.05) is 6.07 Å². The standard InChI is InChI=1S/C20H11F9N2O/c21-18(22,23)12-2-1-3-15(9-12)31-30-10-16-4-5-17(32-16)11-6-13(19(24,25)26)8-14(7-11)20(27,28)29/h1-10,31H/b30-10+. The molecule has 0 aliphatic carbocycles. The second kappa shape index (κ2) is 8.24. The molecule has 32 heavy (non-hydrogen) atoms. The molecule has 0 saturated heterocycles. The number of hydrogen-bond donors (Lipinski definition) is 1. The fourth-order valence-corrected chi connectivity index (χ4v) is 2.61. The number of nitrogens with one attached hydrogen (secondary N) is 1. The van der Waals surface area contributed by atoms with Crippen molar-refractivity contribution in [3.63, 3.8) is 0 Å². The number of alkyl halides is 9. The SMILES string of the molecule is FC(F)(F)c1cccc(N/N=C/c2ccc(-c3cc(C(F)(F)F)cc(C(F)(F)F)c3)o2)c1. The van der Waals surface area contributed by atoms with Crippen LogP contribution in [0.25, 0.3) is 11.3 Å². The summed E-state index contributed by atoms with van der Waals surface area (Å²) in [4.78, 5) is 0. The minimum absolute atomic E-state index is 0.00412. The average Bonchev–Trinajstić information content (AvgIpc) is 3.15. The van der Waals surface area contributed by atoms with Crippen LogP contribution in [0.1, 0.15) is 22.5 Å². The lowest BCUT2D eigenvalue weighted by molar-refractivity contribution is -0.143. The molecule has 0 amide bonds. The van der Waals surface area contributed by atoms with Crippen LogP contribution < -0.4 is 5.43 Å². The molecule has 0 aliphatic heterocycles. The molecule has 0 atom stereocenters. The van der Waals surface area contributed by atoms with Crippen molar-refractivity contribution < 1.29 is 43.9 Å². The molecule has 0 bridgehead atoms. The third-order valence-electron chi connectivity index (χ3n) is 4.07. The van der Waals surface area contributed by atoms with Crippen LogP contribution in [0.4, 0.5) is 45.2 Å². The number of halogens is 9. The highest BCUT2D eigenvalue weighted by molar-refractivity contribution is 5.78. The summed E-state index contributed by atoms with van der Waals surface area (Å²) < 4.78 is 121. The topological polar surface area (TPSA) is 37.5 Å². The Hall–Kier alpha value is -3.44. The lowest BCUT2D eigenvalue weighted by Gasteiger charge is -2.13. The summed E-state index contributed by atoms with van der Waals surface area (Å²) in [5.74, 6) is -0.354. The van der Waals surface area contributed by atoms with Gasteiger partial charge in [-0.3, -0.25) is 5.43 Å². The minimum atomic E-state index is -5.01. The lowest BCUT2D eigenvalue weighted by Crippen LogP contribution is -2.11. The molecule has 1 heterocycles. The predicted octanol–water partition coefficient (Wildman–Crippen LogP) is 7.45. The summed E-state index contributed by atoms with van der Waals surface area (Å²) in [6.45, 7) is 0. The molecule has 0 saturated carbocycles. The van der Waals surface area contributed by atoms with Crippen molar-refractivity contribution in [2.45, 2.75) is 18.5 Å². The van der Waals surface area contributed by atoms with Gasteiger partial charge in [-0.2, -0.15) is 44.6 Å². The molecule has 0 fully saturated rings. The van der Waals surface area contributed by atoms with Crippen LogP contribution in [-0.2, 0) is 18.5 Å². The zero-order valence-corrected chi connectivity index (χ0v) is 15.5. The molecule has 3 aromatic rings. The molecule has 3 nitrogen and oxygen atoms in total. The summed E-state index contributed by atoms with van der Waals surface area (Å²) in [5, 5.41) is 3.66. The molecule has 12 heteroatoms. The van der Waals surface area contributed by atoms with E-state index in [4.69, 9.17) is 4.42 Å². The number of hydrogen-bond acceptors (Lipinski definition) is 3. The molecule has 3 rings (SSSR count). The number of hydrazone groups is 1. The maximum atomic E-state index is 13.0. The zero-order chi connectivity index (χ0) is 23.7. The number of nitrogens with zero attached hydrogens (tertiary/aromatic N) is 1. The van der Waals surface area contributed by atoms with Gasteiger partial charge < -0.3 is 4.42 Å². The Bertz CT molecular complexity index is 1090. The molecule has 0 spiro atoms. The van der Waals surface area contributed by atoms with Crippen molar-refractivity contribution in [2.24, 2.45) is 5.10 Å². The summed E-state index contributed by atoms with van der Waals surface area (Å²) in [7, 11) is 0. The lowest BCUT2D eigenvalue weighted by atomic mass is 10.0. The average molecular weight is 466 g/mol. The molecule has 1 aromatic heterocycles. The predicted molar refractivity (Wildman–Crippen MR) is 96.8 cm³/mol. The molecule has 0 radical (unpaired) electrons. The van der Waals surface area contributed by atoms with E-state index in [1.165, 1.54) is 12.1 Å². The van der Waals surface area contributed by atoms with Gasteiger partial charge >= 0.3 is 18.5 Å². The van der Waals surface area contributed by atoms with Crippen molar-refractivity contribution in [3.8, 4) is 11.3 Å². The van der Waals surface area contributed by atoms with Crippen LogP contribution in [0.3, 0.4) is 0 Å². The van der Waals surface area contributed by atoms with Crippen molar-refractivity contribution in [1.29, 1.82) is 0 Å². The van der Waals surface area contributed by atoms with E-state index in [-0.39, 0.29) is 23.3 Å². The Balaban J connectivity index is 1.83. The van der Waals surface area contributed by atoms with Gasteiger partial charge in [-0.05, 0) is 48.5 Å². The molecule has 1 N–H and O–H groups in total. The maximum Gasteiger partial charge on any atom is 0.416 e. The first-order valence-corrected chi connectivity index (χ1v) is 8.59. The smallest absolute Gasteiger partial charge is 0.416 e. The third kappa shape index (κ3) is 5.62. The molecule has 0 unspecified atom stereocenters. The summed E-state index contributed by atoms with van der Waals surface area (Å²) in [5.41, 5.74) is -2.05. The van der Waals surface area contributed by atoms with E-state index in [1.54, 1.807) is 0 Å². The van der Waals surface area contributed by atoms with Crippen LogP contribution >= 0.6 is 0 Å². The Morgan fingerprint density at radius 2 is 1.28 bits per heavy atom. The van der Waals surface area contributed by atoms with Gasteiger partial charge in [0.1, 0.15) is 11.5 Å². The second-order valence-corrected chi connectivity index (χ2v) is 6.45. The van der Waals surface area contributed by atoms with E-state index < -0.39 is 40.8 Å². The highest BCUT2D eigenvalue weighted by atomic mass is 19.4. The first-order chi connectivity index (χ1) is 14.7. The molecule has 170 valence electrons. The van der Waals surface area contributed by atoms with E-state index in [2.05, 4.69) is 10.5 Å². The fraction of sp³-hybridized carbons (Fsp3) is 0.150. The van der Waals surface area contributed by atoms with E-state index in [0.717, 1.165) is 30.5 Å². The molecule has 0 aliphatic rings. The number of furan rings is 1. The normalized spacial score (nSPS) is 13.0. The van der Waals surface area contributed by atoms with Gasteiger partial charge in [-0.25, -0.2) is 0 Å². The van der Waals surface area contributed by atoms with E-state index >= 15 is 0 Å². The van der Waals surface area contributed by atoms with Gasteiger partial charge in [0.05, 0.1) is 28.6 Å². The summed E-state index contributed by atoms with van der Waals surface area (Å²) >= 11 is 0. The van der Waals surface area contributed by atoms with Crippen LogP contribution in [0.5, 0.6) is 0 Å². The van der Waals surface area contributed by atoms with Crippen molar-refractivity contribution in [1.82, 2.24) is 0 Å². The molecular weight excluding hydrogens is 455 g/mol. The van der Waals surface area contributed by atoms with Gasteiger partial charge in [0, 0.05) is 5.56 Å². The van der Waals surface area contributed by atoms with Gasteiger partial charge in [-0.15, -0.1) is 0 Å². The Morgan fingerprint density at radius 1 is 0.688 bits per heavy atom. The molecule has 2 aromatic carbocycles. The Labute approximate surface area is 174 Å².